The van der Waals surface area contributed by atoms with Gasteiger partial charge >= 0.3 is 17.4 Å². The summed E-state index contributed by atoms with van der Waals surface area (Å²) in [5.74, 6) is 0. The molecule has 0 aliphatic carbocycles. The zero-order chi connectivity index (χ0) is 17.7. The van der Waals surface area contributed by atoms with Crippen LogP contribution in [0.25, 0.3) is 0 Å². The molecule has 0 saturated carbocycles. The fourth-order valence-corrected chi connectivity index (χ4v) is 1.06. The summed E-state index contributed by atoms with van der Waals surface area (Å²) in [5.41, 5.74) is 0. The molecule has 14 heteroatoms. The Morgan fingerprint density at radius 3 is 0.864 bits per heavy atom. The van der Waals surface area contributed by atoms with E-state index in [0.717, 1.165) is 0 Å². The molecule has 0 heterocycles. The first-order valence-electron chi connectivity index (χ1n) is 5.85. The quantitative estimate of drug-likeness (QED) is 0.428. The van der Waals surface area contributed by atoms with Gasteiger partial charge in [-0.15, -0.1) is 0 Å². The van der Waals surface area contributed by atoms with Crippen molar-refractivity contribution in [1.29, 1.82) is 0 Å². The molecule has 0 aliphatic heterocycles. The molecule has 0 aromatic heterocycles. The molecule has 0 spiro atoms. The third-order valence-electron chi connectivity index (χ3n) is 0.787. The van der Waals surface area contributed by atoms with Crippen LogP contribution in [-0.4, -0.2) is 48.9 Å². The second-order valence-corrected chi connectivity index (χ2v) is 4.73. The summed E-state index contributed by atoms with van der Waals surface area (Å²) in [6.07, 6.45) is 0. The Balaban J connectivity index is -0.0000000591. The molecule has 0 bridgehead atoms. The largest absolute Gasteiger partial charge is 3.00 e. The van der Waals surface area contributed by atoms with E-state index in [1.165, 1.54) is 0 Å². The van der Waals surface area contributed by atoms with Gasteiger partial charge in [-0.2, -0.15) is 0 Å². The van der Waals surface area contributed by atoms with Gasteiger partial charge in [-0.05, 0) is 27.7 Å². The molecule has 10 nitrogen and oxygen atoms in total. The van der Waals surface area contributed by atoms with E-state index in [9.17, 15) is 28.4 Å². The monoisotopic (exact) mass is 400 g/mol. The Bertz CT molecular complexity index is 218. The van der Waals surface area contributed by atoms with Crippen LogP contribution in [0.2, 0.25) is 0 Å². The first-order chi connectivity index (χ1) is 9.72. The summed E-state index contributed by atoms with van der Waals surface area (Å²) in [4.78, 5) is 28.4. The van der Waals surface area contributed by atoms with Crippen molar-refractivity contribution >= 4 is 42.1 Å². The van der Waals surface area contributed by atoms with Gasteiger partial charge in [-0.3, -0.25) is 0 Å². The summed E-state index contributed by atoms with van der Waals surface area (Å²) in [6, 6.07) is 0. The van der Waals surface area contributed by atoms with Gasteiger partial charge in [0.15, 0.2) is 0 Å². The van der Waals surface area contributed by atoms with Crippen molar-refractivity contribution in [2.24, 2.45) is 0 Å². The first kappa shape index (κ1) is 34.3. The molecule has 1 N–H and O–H groups in total. The molecule has 0 aromatic carbocycles. The molecule has 0 aliphatic rings. The average molecular weight is 400 g/mol. The fourth-order valence-electron chi connectivity index (χ4n) is 0.354. The maximum absolute atomic E-state index is 9.45. The van der Waals surface area contributed by atoms with E-state index >= 15 is 0 Å². The predicted molar refractivity (Wildman–Crippen MR) is 80.4 cm³/mol. The molecular formula is C8H24AlO10P3. The van der Waals surface area contributed by atoms with E-state index in [1.54, 1.807) is 27.7 Å². The zero-order valence-corrected chi connectivity index (χ0v) is 17.2. The minimum Gasteiger partial charge on any atom is -0.781 e. The number of aliphatic hydroxyl groups is 1. The summed E-state index contributed by atoms with van der Waals surface area (Å²) >= 11 is 0. The number of rotatable bonds is 6. The first-order valence-corrected chi connectivity index (χ1v) is 9.52. The molecule has 0 fully saturated rings. The summed E-state index contributed by atoms with van der Waals surface area (Å²) < 4.78 is 40.5. The molecule has 0 saturated heterocycles. The van der Waals surface area contributed by atoms with Crippen molar-refractivity contribution < 1.29 is 47.1 Å². The molecule has 0 radical (unpaired) electrons. The van der Waals surface area contributed by atoms with Gasteiger partial charge in [0.1, 0.15) is 24.8 Å². The van der Waals surface area contributed by atoms with Crippen LogP contribution >= 0.6 is 24.8 Å². The van der Waals surface area contributed by atoms with Crippen LogP contribution < -0.4 is 14.7 Å². The Morgan fingerprint density at radius 2 is 0.864 bits per heavy atom. The van der Waals surface area contributed by atoms with Crippen molar-refractivity contribution in [1.82, 2.24) is 0 Å². The van der Waals surface area contributed by atoms with E-state index < -0.39 is 24.8 Å². The second kappa shape index (κ2) is 33.5. The Hall–Kier alpha value is 0.942. The second-order valence-electron chi connectivity index (χ2n) is 2.37. The zero-order valence-electron chi connectivity index (χ0n) is 13.0. The normalized spacial score (nSPS) is 12.5. The van der Waals surface area contributed by atoms with Gasteiger partial charge in [0, 0.05) is 26.4 Å². The molecule has 3 unspecified atom stereocenters. The third kappa shape index (κ3) is 84.3. The Morgan fingerprint density at radius 1 is 0.727 bits per heavy atom. The van der Waals surface area contributed by atoms with Gasteiger partial charge in [-0.1, -0.05) is 0 Å². The Kier molecular flexibility index (Phi) is 52.3. The van der Waals surface area contributed by atoms with Gasteiger partial charge in [0.05, 0.1) is 0 Å². The molecule has 0 rings (SSSR count). The van der Waals surface area contributed by atoms with E-state index in [-0.39, 0.29) is 43.8 Å². The SMILES string of the molecule is CCO.CCO[PH](=O)[O-].CCO[PH](=O)[O-].CCO[PH](=O)[O-].[Al+3]. The van der Waals surface area contributed by atoms with Crippen LogP contribution in [0.1, 0.15) is 27.7 Å². The third-order valence-corrected chi connectivity index (χ3v) is 2.36. The molecule has 0 amide bonds. The van der Waals surface area contributed by atoms with Gasteiger partial charge in [0.2, 0.25) is 0 Å². The van der Waals surface area contributed by atoms with Gasteiger partial charge in [0.25, 0.3) is 0 Å². The van der Waals surface area contributed by atoms with E-state index in [4.69, 9.17) is 5.11 Å². The van der Waals surface area contributed by atoms with Crippen molar-refractivity contribution in [2.75, 3.05) is 26.4 Å². The molecule has 22 heavy (non-hydrogen) atoms. The predicted octanol–water partition coefficient (Wildman–Crippen LogP) is -1.06. The van der Waals surface area contributed by atoms with Crippen molar-refractivity contribution in [2.45, 2.75) is 27.7 Å². The number of hydrogen-bond acceptors (Lipinski definition) is 10. The van der Waals surface area contributed by atoms with Crippen molar-refractivity contribution in [3.8, 4) is 0 Å². The minimum absolute atomic E-state index is 0. The fraction of sp³-hybridized carbons (Fsp3) is 1.00. The van der Waals surface area contributed by atoms with Crippen LogP contribution in [0.5, 0.6) is 0 Å². The molecule has 134 valence electrons. The maximum Gasteiger partial charge on any atom is 3.00 e. The van der Waals surface area contributed by atoms with E-state index in [2.05, 4.69) is 13.6 Å². The summed E-state index contributed by atoms with van der Waals surface area (Å²) in [7, 11) is -8.66. The standard InChI is InChI=1S/3C2H7O3P.C2H6O.Al/c3*1-2-5-6(3)4;1-2-3;/h3*6H,2H2,1H3,(H,3,4);3H,2H2,1H3;/q;;;;+3/p-3. The van der Waals surface area contributed by atoms with Crippen LogP contribution in [0, 0.1) is 0 Å². The van der Waals surface area contributed by atoms with E-state index in [1.807, 2.05) is 0 Å². The minimum atomic E-state index is -2.89. The molecular weight excluding hydrogens is 376 g/mol. The Labute approximate surface area is 143 Å². The number of hydrogen-bond donors (Lipinski definition) is 1. The molecule has 0 aromatic rings. The smallest absolute Gasteiger partial charge is 0.781 e. The van der Waals surface area contributed by atoms with Crippen molar-refractivity contribution in [3.63, 3.8) is 0 Å². The average Bonchev–Trinajstić information content (AvgIpc) is 2.30. The van der Waals surface area contributed by atoms with E-state index in [0.29, 0.717) is 0 Å². The molecule has 3 atom stereocenters. The summed E-state index contributed by atoms with van der Waals surface area (Å²) in [6.45, 7) is 7.56. The van der Waals surface area contributed by atoms with Crippen molar-refractivity contribution in [3.05, 3.63) is 0 Å². The van der Waals surface area contributed by atoms with Gasteiger partial charge in [-0.25, -0.2) is 0 Å². The van der Waals surface area contributed by atoms with Gasteiger partial charge < -0.3 is 47.1 Å². The van der Waals surface area contributed by atoms with Crippen LogP contribution in [0.15, 0.2) is 0 Å². The number of aliphatic hydroxyl groups excluding tert-OH is 1. The van der Waals surface area contributed by atoms with Crippen LogP contribution in [-0.2, 0) is 27.3 Å². The van der Waals surface area contributed by atoms with Crippen LogP contribution in [0.3, 0.4) is 0 Å². The maximum atomic E-state index is 9.45. The topological polar surface area (TPSA) is 168 Å². The van der Waals surface area contributed by atoms with Crippen LogP contribution in [0.4, 0.5) is 0 Å². The summed E-state index contributed by atoms with van der Waals surface area (Å²) in [5, 5.41) is 7.57.